The molecule has 1 aromatic carbocycles. The Bertz CT molecular complexity index is 740. The lowest BCUT2D eigenvalue weighted by Gasteiger charge is -2.18. The summed E-state index contributed by atoms with van der Waals surface area (Å²) < 4.78 is 5.53. The Morgan fingerprint density at radius 3 is 2.44 bits per heavy atom. The van der Waals surface area contributed by atoms with E-state index in [2.05, 4.69) is 24.1 Å². The van der Waals surface area contributed by atoms with Gasteiger partial charge in [0.2, 0.25) is 0 Å². The number of hydrogen-bond acceptors (Lipinski definition) is 4. The second-order valence-corrected chi connectivity index (χ2v) is 6.45. The fourth-order valence-corrected chi connectivity index (χ4v) is 2.39. The van der Waals surface area contributed by atoms with Crippen LogP contribution < -0.4 is 10.1 Å². The van der Waals surface area contributed by atoms with E-state index in [4.69, 9.17) is 4.74 Å². The Labute approximate surface area is 148 Å². The first-order chi connectivity index (χ1) is 11.9. The number of esters is 1. The van der Waals surface area contributed by atoms with E-state index < -0.39 is 0 Å². The maximum Gasteiger partial charge on any atom is 0.313 e. The van der Waals surface area contributed by atoms with Crippen LogP contribution in [-0.2, 0) is 11.3 Å². The van der Waals surface area contributed by atoms with Crippen molar-refractivity contribution in [2.24, 2.45) is 5.92 Å². The van der Waals surface area contributed by atoms with E-state index in [1.165, 1.54) is 0 Å². The summed E-state index contributed by atoms with van der Waals surface area (Å²) in [5.41, 5.74) is 2.21. The number of benzene rings is 1. The maximum atomic E-state index is 12.3. The van der Waals surface area contributed by atoms with Crippen LogP contribution in [0.15, 0.2) is 42.6 Å². The molecular formula is C20H24N2O3. The van der Waals surface area contributed by atoms with E-state index in [1.54, 1.807) is 44.3 Å². The third-order valence-electron chi connectivity index (χ3n) is 3.80. The van der Waals surface area contributed by atoms with E-state index in [0.29, 0.717) is 11.4 Å². The summed E-state index contributed by atoms with van der Waals surface area (Å²) in [6.45, 7) is 7.97. The van der Waals surface area contributed by atoms with Crippen LogP contribution >= 0.6 is 0 Å². The van der Waals surface area contributed by atoms with Gasteiger partial charge < -0.3 is 10.1 Å². The van der Waals surface area contributed by atoms with Crippen molar-refractivity contribution in [1.29, 1.82) is 0 Å². The lowest BCUT2D eigenvalue weighted by Crippen LogP contribution is -2.25. The molecule has 132 valence electrons. The number of pyridine rings is 1. The summed E-state index contributed by atoms with van der Waals surface area (Å²) in [5.74, 6) is -0.0529. The van der Waals surface area contributed by atoms with E-state index in [1.807, 2.05) is 12.1 Å². The lowest BCUT2D eigenvalue weighted by molar-refractivity contribution is -0.137. The second-order valence-electron chi connectivity index (χ2n) is 6.45. The molecule has 0 fully saturated rings. The van der Waals surface area contributed by atoms with Crippen LogP contribution in [0.25, 0.3) is 0 Å². The Morgan fingerprint density at radius 1 is 1.08 bits per heavy atom. The molecule has 0 radical (unpaired) electrons. The molecule has 5 heteroatoms. The first-order valence-corrected chi connectivity index (χ1v) is 8.42. The Morgan fingerprint density at radius 2 is 1.84 bits per heavy atom. The molecule has 0 saturated heterocycles. The molecule has 0 atom stereocenters. The molecule has 0 saturated carbocycles. The van der Waals surface area contributed by atoms with Crippen molar-refractivity contribution in [1.82, 2.24) is 10.3 Å². The fraction of sp³-hybridized carbons (Fsp3) is 0.350. The average molecular weight is 340 g/mol. The minimum Gasteiger partial charge on any atom is -0.426 e. The number of carbonyl (C=O) groups excluding carboxylic acids is 2. The third kappa shape index (κ3) is 4.89. The van der Waals surface area contributed by atoms with Crippen LogP contribution in [0.4, 0.5) is 0 Å². The van der Waals surface area contributed by atoms with Gasteiger partial charge in [-0.15, -0.1) is 0 Å². The van der Waals surface area contributed by atoms with E-state index in [0.717, 1.165) is 11.1 Å². The van der Waals surface area contributed by atoms with Gasteiger partial charge in [0.15, 0.2) is 0 Å². The van der Waals surface area contributed by atoms with Gasteiger partial charge in [0.05, 0.1) is 5.92 Å². The molecule has 1 aromatic heterocycles. The molecule has 0 unspecified atom stereocenters. The van der Waals surface area contributed by atoms with Gasteiger partial charge in [0, 0.05) is 18.3 Å². The van der Waals surface area contributed by atoms with Gasteiger partial charge in [-0.3, -0.25) is 14.6 Å². The summed E-state index contributed by atoms with van der Waals surface area (Å²) in [4.78, 5) is 28.3. The first-order valence-electron chi connectivity index (χ1n) is 8.42. The van der Waals surface area contributed by atoms with Crippen molar-refractivity contribution < 1.29 is 14.3 Å². The summed E-state index contributed by atoms with van der Waals surface area (Å²) in [5, 5.41) is 2.86. The van der Waals surface area contributed by atoms with Gasteiger partial charge in [0.1, 0.15) is 11.4 Å². The molecule has 2 aromatic rings. The molecule has 0 aliphatic heterocycles. The van der Waals surface area contributed by atoms with Crippen molar-refractivity contribution in [3.05, 3.63) is 59.4 Å². The zero-order valence-corrected chi connectivity index (χ0v) is 15.1. The maximum absolute atomic E-state index is 12.3. The predicted octanol–water partition coefficient (Wildman–Crippen LogP) is 3.70. The molecule has 0 bridgehead atoms. The van der Waals surface area contributed by atoms with Crippen LogP contribution in [0.1, 0.15) is 55.2 Å². The topological polar surface area (TPSA) is 68.3 Å². The molecule has 0 aliphatic rings. The second kappa shape index (κ2) is 8.42. The third-order valence-corrected chi connectivity index (χ3v) is 3.80. The minimum atomic E-state index is -0.293. The molecule has 1 amide bonds. The Kier molecular flexibility index (Phi) is 6.28. The molecule has 1 N–H and O–H groups in total. The van der Waals surface area contributed by atoms with Crippen molar-refractivity contribution in [2.75, 3.05) is 0 Å². The zero-order chi connectivity index (χ0) is 18.4. The number of nitrogens with one attached hydrogen (secondary N) is 1. The van der Waals surface area contributed by atoms with Gasteiger partial charge in [-0.05, 0) is 29.7 Å². The monoisotopic (exact) mass is 340 g/mol. The Hall–Kier alpha value is -2.69. The van der Waals surface area contributed by atoms with Crippen LogP contribution in [0.3, 0.4) is 0 Å². The number of ether oxygens (including phenoxy) is 1. The predicted molar refractivity (Wildman–Crippen MR) is 96.4 cm³/mol. The highest BCUT2D eigenvalue weighted by molar-refractivity contribution is 5.92. The van der Waals surface area contributed by atoms with Gasteiger partial charge in [-0.2, -0.15) is 0 Å². The highest BCUT2D eigenvalue weighted by atomic mass is 16.5. The summed E-state index contributed by atoms with van der Waals surface area (Å²) >= 11 is 0. The molecule has 5 nitrogen and oxygen atoms in total. The van der Waals surface area contributed by atoms with E-state index in [-0.39, 0.29) is 30.3 Å². The van der Waals surface area contributed by atoms with Crippen molar-refractivity contribution in [3.63, 3.8) is 0 Å². The molecule has 2 rings (SSSR count). The lowest BCUT2D eigenvalue weighted by atomic mass is 9.96. The van der Waals surface area contributed by atoms with Crippen LogP contribution in [0.5, 0.6) is 5.75 Å². The highest BCUT2D eigenvalue weighted by Crippen LogP contribution is 2.28. The van der Waals surface area contributed by atoms with E-state index in [9.17, 15) is 9.59 Å². The molecule has 0 spiro atoms. The van der Waals surface area contributed by atoms with Crippen molar-refractivity contribution in [2.45, 2.75) is 40.2 Å². The molecule has 1 heterocycles. The van der Waals surface area contributed by atoms with Crippen LogP contribution in [0, 0.1) is 5.92 Å². The fourth-order valence-electron chi connectivity index (χ4n) is 2.39. The van der Waals surface area contributed by atoms with Gasteiger partial charge in [0.25, 0.3) is 5.91 Å². The highest BCUT2D eigenvalue weighted by Gasteiger charge is 2.18. The van der Waals surface area contributed by atoms with Crippen LogP contribution in [-0.4, -0.2) is 16.9 Å². The molecule has 0 aliphatic carbocycles. The summed E-state index contributed by atoms with van der Waals surface area (Å²) in [6, 6.07) is 10.8. The first kappa shape index (κ1) is 18.6. The Balaban J connectivity index is 2.24. The number of nitrogens with zero attached hydrogens (tertiary/aromatic N) is 1. The number of carbonyl (C=O) groups is 2. The van der Waals surface area contributed by atoms with Gasteiger partial charge in [-0.1, -0.05) is 45.9 Å². The number of hydrogen-bond donors (Lipinski definition) is 1. The van der Waals surface area contributed by atoms with Gasteiger partial charge in [-0.25, -0.2) is 0 Å². The number of amides is 1. The normalized spacial score (nSPS) is 10.8. The van der Waals surface area contributed by atoms with E-state index >= 15 is 0 Å². The number of rotatable bonds is 6. The van der Waals surface area contributed by atoms with Gasteiger partial charge >= 0.3 is 5.97 Å². The molecule has 25 heavy (non-hydrogen) atoms. The standard InChI is InChI=1S/C20H24N2O3/c1-13(2)15-8-7-10-18(25-20(24)14(3)4)16(15)12-22-19(23)17-9-5-6-11-21-17/h5-11,13-14H,12H2,1-4H3,(H,22,23). The zero-order valence-electron chi connectivity index (χ0n) is 15.1. The SMILES string of the molecule is CC(C)C(=O)Oc1cccc(C(C)C)c1CNC(=O)c1ccccn1. The number of aromatic nitrogens is 1. The van der Waals surface area contributed by atoms with Crippen LogP contribution in [0.2, 0.25) is 0 Å². The van der Waals surface area contributed by atoms with Crippen molar-refractivity contribution >= 4 is 11.9 Å². The average Bonchev–Trinajstić information content (AvgIpc) is 2.60. The molecular weight excluding hydrogens is 316 g/mol. The summed E-state index contributed by atoms with van der Waals surface area (Å²) in [6.07, 6.45) is 1.58. The quantitative estimate of drug-likeness (QED) is 0.643. The van der Waals surface area contributed by atoms with Crippen molar-refractivity contribution in [3.8, 4) is 5.75 Å². The minimum absolute atomic E-state index is 0.223. The summed E-state index contributed by atoms with van der Waals surface area (Å²) in [7, 11) is 0. The smallest absolute Gasteiger partial charge is 0.313 e. The largest absolute Gasteiger partial charge is 0.426 e.